The van der Waals surface area contributed by atoms with E-state index in [1.54, 1.807) is 36.4 Å². The molecule has 1 saturated heterocycles. The van der Waals surface area contributed by atoms with Gasteiger partial charge in [0.1, 0.15) is 11.6 Å². The third-order valence-electron chi connectivity index (χ3n) is 5.07. The topological polar surface area (TPSA) is 57.6 Å². The molecule has 1 N–H and O–H groups in total. The Bertz CT molecular complexity index is 1170. The smallest absolute Gasteiger partial charge is 0.300 e. The van der Waals surface area contributed by atoms with Crippen molar-refractivity contribution in [3.63, 3.8) is 0 Å². The van der Waals surface area contributed by atoms with Crippen molar-refractivity contribution in [3.05, 3.63) is 106 Å². The Hall–Kier alpha value is -3.44. The maximum Gasteiger partial charge on any atom is 0.300 e. The van der Waals surface area contributed by atoms with E-state index in [4.69, 9.17) is 11.6 Å². The summed E-state index contributed by atoms with van der Waals surface area (Å²) in [5.41, 5.74) is 2.28. The van der Waals surface area contributed by atoms with Gasteiger partial charge in [-0.3, -0.25) is 14.5 Å². The molecule has 1 amide bonds. The minimum Gasteiger partial charge on any atom is -0.507 e. The Morgan fingerprint density at radius 3 is 2.30 bits per heavy atom. The van der Waals surface area contributed by atoms with Gasteiger partial charge < -0.3 is 5.11 Å². The molecular formula is C24H17ClFNO3. The number of benzene rings is 3. The molecule has 4 rings (SSSR count). The largest absolute Gasteiger partial charge is 0.507 e. The third kappa shape index (κ3) is 3.37. The van der Waals surface area contributed by atoms with Crippen molar-refractivity contribution < 1.29 is 19.1 Å². The van der Waals surface area contributed by atoms with Crippen molar-refractivity contribution in [2.24, 2.45) is 0 Å². The van der Waals surface area contributed by atoms with E-state index in [-0.39, 0.29) is 22.0 Å². The van der Waals surface area contributed by atoms with Crippen LogP contribution in [0.3, 0.4) is 0 Å². The Morgan fingerprint density at radius 2 is 1.67 bits per heavy atom. The van der Waals surface area contributed by atoms with E-state index >= 15 is 0 Å². The monoisotopic (exact) mass is 421 g/mol. The highest BCUT2D eigenvalue weighted by Gasteiger charge is 2.47. The number of aliphatic hydroxyl groups is 1. The second kappa shape index (κ2) is 7.76. The van der Waals surface area contributed by atoms with E-state index in [1.807, 2.05) is 25.1 Å². The fourth-order valence-corrected chi connectivity index (χ4v) is 3.73. The van der Waals surface area contributed by atoms with Gasteiger partial charge in [0.05, 0.1) is 16.6 Å². The van der Waals surface area contributed by atoms with Crippen LogP contribution in [0.4, 0.5) is 10.1 Å². The summed E-state index contributed by atoms with van der Waals surface area (Å²) < 4.78 is 13.7. The molecule has 6 heteroatoms. The number of amides is 1. The number of nitrogens with zero attached hydrogens (tertiary/aromatic N) is 1. The Balaban J connectivity index is 1.94. The molecule has 1 unspecified atom stereocenters. The first-order valence-corrected chi connectivity index (χ1v) is 9.64. The van der Waals surface area contributed by atoms with Crippen molar-refractivity contribution in [1.82, 2.24) is 0 Å². The minimum absolute atomic E-state index is 0.0319. The maximum atomic E-state index is 13.7. The number of Topliss-reactive ketones (excluding diaryl/α,β-unsaturated/α-hetero) is 1. The van der Waals surface area contributed by atoms with E-state index < -0.39 is 23.5 Å². The van der Waals surface area contributed by atoms with Crippen LogP contribution in [0.15, 0.2) is 78.4 Å². The number of rotatable bonds is 3. The first kappa shape index (κ1) is 19.9. The summed E-state index contributed by atoms with van der Waals surface area (Å²) >= 11 is 5.92. The number of hydrogen-bond acceptors (Lipinski definition) is 3. The van der Waals surface area contributed by atoms with Gasteiger partial charge in [0, 0.05) is 11.3 Å². The molecule has 0 bridgehead atoms. The fraction of sp³-hybridized carbons (Fsp3) is 0.0833. The summed E-state index contributed by atoms with van der Waals surface area (Å²) in [5.74, 6) is -2.53. The fourth-order valence-electron chi connectivity index (χ4n) is 3.55. The minimum atomic E-state index is -0.881. The lowest BCUT2D eigenvalue weighted by atomic mass is 9.95. The van der Waals surface area contributed by atoms with Gasteiger partial charge >= 0.3 is 0 Å². The molecule has 0 aromatic heterocycles. The summed E-state index contributed by atoms with van der Waals surface area (Å²) in [6, 6.07) is 18.8. The molecule has 150 valence electrons. The molecular weight excluding hydrogens is 405 g/mol. The average Bonchev–Trinajstić information content (AvgIpc) is 3.01. The molecule has 3 aromatic carbocycles. The summed E-state index contributed by atoms with van der Waals surface area (Å²) in [7, 11) is 0. The Morgan fingerprint density at radius 1 is 1.00 bits per heavy atom. The lowest BCUT2D eigenvalue weighted by Gasteiger charge is -2.25. The van der Waals surface area contributed by atoms with Gasteiger partial charge in [-0.15, -0.1) is 0 Å². The van der Waals surface area contributed by atoms with Crippen molar-refractivity contribution in [2.75, 3.05) is 4.90 Å². The van der Waals surface area contributed by atoms with Crippen molar-refractivity contribution in [1.29, 1.82) is 0 Å². The molecule has 1 aliphatic heterocycles. The second-order valence-corrected chi connectivity index (χ2v) is 7.45. The van der Waals surface area contributed by atoms with Crippen LogP contribution < -0.4 is 4.90 Å². The zero-order valence-corrected chi connectivity index (χ0v) is 16.7. The van der Waals surface area contributed by atoms with Crippen molar-refractivity contribution in [3.8, 4) is 0 Å². The first-order chi connectivity index (χ1) is 14.4. The number of aliphatic hydroxyl groups excluding tert-OH is 1. The zero-order valence-electron chi connectivity index (χ0n) is 16.0. The van der Waals surface area contributed by atoms with E-state index in [2.05, 4.69) is 0 Å². The number of aryl methyl sites for hydroxylation is 1. The highest BCUT2D eigenvalue weighted by Crippen LogP contribution is 2.42. The van der Waals surface area contributed by atoms with Gasteiger partial charge in [0.25, 0.3) is 11.7 Å². The van der Waals surface area contributed by atoms with Crippen molar-refractivity contribution in [2.45, 2.75) is 13.0 Å². The van der Waals surface area contributed by atoms with Crippen LogP contribution in [0, 0.1) is 12.7 Å². The standard InChI is InChI=1S/C24H17ClFNO3/c1-14-7-9-16(10-8-14)22(28)20-21(15-5-3-2-4-6-15)27(24(30)23(20)29)17-11-12-19(26)18(25)13-17/h2-13,21,28H,1H3/b22-20+. The van der Waals surface area contributed by atoms with Crippen LogP contribution >= 0.6 is 11.6 Å². The number of halogens is 2. The molecule has 1 heterocycles. The summed E-state index contributed by atoms with van der Waals surface area (Å²) in [6.07, 6.45) is 0. The zero-order chi connectivity index (χ0) is 21.4. The molecule has 1 atom stereocenters. The number of hydrogen-bond donors (Lipinski definition) is 1. The van der Waals surface area contributed by atoms with Gasteiger partial charge in [-0.2, -0.15) is 0 Å². The number of carbonyl (C=O) groups is 2. The van der Waals surface area contributed by atoms with E-state index in [0.717, 1.165) is 11.6 Å². The van der Waals surface area contributed by atoms with E-state index in [0.29, 0.717) is 11.1 Å². The number of carbonyl (C=O) groups excluding carboxylic acids is 2. The summed E-state index contributed by atoms with van der Waals surface area (Å²) in [6.45, 7) is 1.91. The highest BCUT2D eigenvalue weighted by atomic mass is 35.5. The molecule has 0 radical (unpaired) electrons. The molecule has 0 saturated carbocycles. The Kier molecular flexibility index (Phi) is 5.14. The van der Waals surface area contributed by atoms with Crippen LogP contribution in [-0.4, -0.2) is 16.8 Å². The van der Waals surface area contributed by atoms with Crippen LogP contribution in [0.1, 0.15) is 22.7 Å². The van der Waals surface area contributed by atoms with Crippen molar-refractivity contribution >= 4 is 34.7 Å². The first-order valence-electron chi connectivity index (χ1n) is 9.26. The molecule has 0 spiro atoms. The quantitative estimate of drug-likeness (QED) is 0.349. The molecule has 3 aromatic rings. The highest BCUT2D eigenvalue weighted by molar-refractivity contribution is 6.51. The van der Waals surface area contributed by atoms with Gasteiger partial charge in [-0.05, 0) is 30.7 Å². The summed E-state index contributed by atoms with van der Waals surface area (Å²) in [4.78, 5) is 27.2. The average molecular weight is 422 g/mol. The predicted molar refractivity (Wildman–Crippen MR) is 114 cm³/mol. The second-order valence-electron chi connectivity index (χ2n) is 7.04. The lowest BCUT2D eigenvalue weighted by Crippen LogP contribution is -2.29. The van der Waals surface area contributed by atoms with E-state index in [9.17, 15) is 19.1 Å². The lowest BCUT2D eigenvalue weighted by molar-refractivity contribution is -0.132. The molecule has 1 fully saturated rings. The normalized spacial score (nSPS) is 18.1. The van der Waals surface area contributed by atoms with Gasteiger partial charge in [0.2, 0.25) is 0 Å². The van der Waals surface area contributed by atoms with E-state index in [1.165, 1.54) is 17.0 Å². The SMILES string of the molecule is Cc1ccc(/C(O)=C2\C(=O)C(=O)N(c3ccc(F)c(Cl)c3)C2c2ccccc2)cc1. The number of anilines is 1. The van der Waals surface area contributed by atoms with Crippen LogP contribution in [0.2, 0.25) is 5.02 Å². The predicted octanol–water partition coefficient (Wildman–Crippen LogP) is 5.41. The molecule has 30 heavy (non-hydrogen) atoms. The van der Waals surface area contributed by atoms with Crippen LogP contribution in [0.25, 0.3) is 5.76 Å². The summed E-state index contributed by atoms with van der Waals surface area (Å²) in [5, 5.41) is 10.8. The van der Waals surface area contributed by atoms with Crippen LogP contribution in [-0.2, 0) is 9.59 Å². The Labute approximate surface area is 177 Å². The number of ketones is 1. The van der Waals surface area contributed by atoms with Gasteiger partial charge in [-0.1, -0.05) is 71.8 Å². The van der Waals surface area contributed by atoms with Crippen LogP contribution in [0.5, 0.6) is 0 Å². The van der Waals surface area contributed by atoms with Gasteiger partial charge in [-0.25, -0.2) is 4.39 Å². The molecule has 4 nitrogen and oxygen atoms in total. The third-order valence-corrected chi connectivity index (χ3v) is 5.36. The van der Waals surface area contributed by atoms with Gasteiger partial charge in [0.15, 0.2) is 0 Å². The maximum absolute atomic E-state index is 13.7. The molecule has 0 aliphatic carbocycles. The molecule has 1 aliphatic rings.